The molecule has 0 aliphatic carbocycles. The van der Waals surface area contributed by atoms with Crippen LogP contribution in [0.5, 0.6) is 0 Å². The average Bonchev–Trinajstić information content (AvgIpc) is 2.77. The van der Waals surface area contributed by atoms with Crippen LogP contribution in [0, 0.1) is 11.6 Å². The van der Waals surface area contributed by atoms with Gasteiger partial charge in [-0.2, -0.15) is 0 Å². The first kappa shape index (κ1) is 25.4. The average molecular weight is 501 g/mol. The lowest BCUT2D eigenvalue weighted by molar-refractivity contribution is -0.134. The maximum absolute atomic E-state index is 14.7. The van der Waals surface area contributed by atoms with Crippen LogP contribution in [0.3, 0.4) is 0 Å². The SMILES string of the molecule is C=C(/C=C\C(C)=C/C)N1CC(OC(=O)NC2CN(c3cc(F)c(C4CCC(=O)NC4=O)c(F)c3)C2)C1. The summed E-state index contributed by atoms with van der Waals surface area (Å²) >= 11 is 0. The van der Waals surface area contributed by atoms with Gasteiger partial charge in [-0.15, -0.1) is 0 Å². The first-order valence-corrected chi connectivity index (χ1v) is 11.9. The summed E-state index contributed by atoms with van der Waals surface area (Å²) in [6, 6.07) is 2.15. The van der Waals surface area contributed by atoms with Crippen LogP contribution in [0.2, 0.25) is 0 Å². The molecule has 1 unspecified atom stereocenters. The Morgan fingerprint density at radius 3 is 2.44 bits per heavy atom. The number of alkyl carbamates (subject to hydrolysis) is 1. The number of hydrogen-bond donors (Lipinski definition) is 2. The monoisotopic (exact) mass is 500 g/mol. The molecule has 0 spiro atoms. The zero-order valence-electron chi connectivity index (χ0n) is 20.4. The van der Waals surface area contributed by atoms with Crippen molar-refractivity contribution in [2.45, 2.75) is 44.8 Å². The Kier molecular flexibility index (Phi) is 7.42. The highest BCUT2D eigenvalue weighted by Gasteiger charge is 2.36. The van der Waals surface area contributed by atoms with Crippen molar-refractivity contribution in [2.24, 2.45) is 0 Å². The fourth-order valence-corrected chi connectivity index (χ4v) is 4.36. The molecular formula is C26H30F2N4O4. The van der Waals surface area contributed by atoms with Crippen molar-refractivity contribution >= 4 is 23.6 Å². The van der Waals surface area contributed by atoms with Gasteiger partial charge in [0, 0.05) is 36.5 Å². The molecule has 3 saturated heterocycles. The lowest BCUT2D eigenvalue weighted by Gasteiger charge is -2.43. The van der Waals surface area contributed by atoms with E-state index in [-0.39, 0.29) is 30.6 Å². The van der Waals surface area contributed by atoms with Gasteiger partial charge in [0.2, 0.25) is 11.8 Å². The maximum Gasteiger partial charge on any atom is 0.407 e. The van der Waals surface area contributed by atoms with E-state index < -0.39 is 35.5 Å². The lowest BCUT2D eigenvalue weighted by atomic mass is 9.89. The van der Waals surface area contributed by atoms with Crippen molar-refractivity contribution in [3.8, 4) is 0 Å². The number of allylic oxidation sites excluding steroid dienone is 4. The van der Waals surface area contributed by atoms with Crippen LogP contribution in [-0.4, -0.2) is 61.1 Å². The molecule has 36 heavy (non-hydrogen) atoms. The van der Waals surface area contributed by atoms with Gasteiger partial charge < -0.3 is 19.9 Å². The smallest absolute Gasteiger partial charge is 0.407 e. The highest BCUT2D eigenvalue weighted by molar-refractivity contribution is 6.01. The third kappa shape index (κ3) is 5.58. The van der Waals surface area contributed by atoms with Crippen LogP contribution in [0.4, 0.5) is 19.3 Å². The standard InChI is InChI=1S/C26H30F2N4O4/c1-4-15(2)5-6-16(3)31-13-19(14-31)36-26(35)29-17-11-32(12-17)18-9-21(27)24(22(28)10-18)20-7-8-23(33)30-25(20)34/h4-6,9-10,17,19-20H,3,7-8,11-14H2,1-2H3,(H,29,35)(H,30,33,34)/b6-5-,15-4-. The topological polar surface area (TPSA) is 91.0 Å². The number of carbonyl (C=O) groups excluding carboxylic acids is 3. The largest absolute Gasteiger partial charge is 0.442 e. The predicted octanol–water partition coefficient (Wildman–Crippen LogP) is 3.12. The van der Waals surface area contributed by atoms with Gasteiger partial charge in [0.1, 0.15) is 17.7 Å². The minimum Gasteiger partial charge on any atom is -0.442 e. The molecule has 3 aliphatic rings. The fourth-order valence-electron chi connectivity index (χ4n) is 4.36. The summed E-state index contributed by atoms with van der Waals surface area (Å²) in [5, 5.41) is 4.89. The number of benzene rings is 1. The van der Waals surface area contributed by atoms with Crippen LogP contribution in [0.25, 0.3) is 0 Å². The summed E-state index contributed by atoms with van der Waals surface area (Å²) in [6.07, 6.45) is 5.26. The molecule has 4 rings (SSSR count). The van der Waals surface area contributed by atoms with Gasteiger partial charge in [-0.05, 0) is 38.5 Å². The predicted molar refractivity (Wildman–Crippen MR) is 130 cm³/mol. The number of likely N-dealkylation sites (tertiary alicyclic amines) is 1. The van der Waals surface area contributed by atoms with E-state index in [1.54, 1.807) is 4.90 Å². The second kappa shape index (κ2) is 10.5. The molecule has 0 saturated carbocycles. The number of rotatable bonds is 7. The number of piperidine rings is 1. The van der Waals surface area contributed by atoms with Crippen LogP contribution in [0.15, 0.2) is 48.2 Å². The number of carbonyl (C=O) groups is 3. The number of hydrogen-bond acceptors (Lipinski definition) is 6. The van der Waals surface area contributed by atoms with Crippen molar-refractivity contribution in [3.05, 3.63) is 65.4 Å². The normalized spacial score (nSPS) is 21.2. The Hall–Kier alpha value is -3.69. The summed E-state index contributed by atoms with van der Waals surface area (Å²) in [4.78, 5) is 39.3. The second-order valence-electron chi connectivity index (χ2n) is 9.36. The highest BCUT2D eigenvalue weighted by atomic mass is 19.1. The van der Waals surface area contributed by atoms with Crippen LogP contribution in [-0.2, 0) is 14.3 Å². The molecule has 3 amide bonds. The molecular weight excluding hydrogens is 470 g/mol. The van der Waals surface area contributed by atoms with E-state index in [9.17, 15) is 23.2 Å². The molecule has 10 heteroatoms. The summed E-state index contributed by atoms with van der Waals surface area (Å²) in [5.41, 5.74) is 1.98. The molecule has 3 heterocycles. The molecule has 192 valence electrons. The number of nitrogens with zero attached hydrogens (tertiary/aromatic N) is 2. The number of halogens is 2. The Balaban J connectivity index is 1.22. The van der Waals surface area contributed by atoms with Crippen LogP contribution < -0.4 is 15.5 Å². The Morgan fingerprint density at radius 1 is 1.17 bits per heavy atom. The van der Waals surface area contributed by atoms with Crippen molar-refractivity contribution < 1.29 is 27.9 Å². The quantitative estimate of drug-likeness (QED) is 0.442. The number of amides is 3. The van der Waals surface area contributed by atoms with E-state index in [4.69, 9.17) is 4.74 Å². The third-order valence-corrected chi connectivity index (χ3v) is 6.74. The fraction of sp³-hybridized carbons (Fsp3) is 0.423. The molecule has 0 radical (unpaired) electrons. The van der Waals surface area contributed by atoms with Crippen LogP contribution >= 0.6 is 0 Å². The van der Waals surface area contributed by atoms with E-state index in [0.717, 1.165) is 11.3 Å². The van der Waals surface area contributed by atoms with E-state index in [1.807, 2.05) is 37.0 Å². The van der Waals surface area contributed by atoms with Gasteiger partial charge in [0.25, 0.3) is 0 Å². The molecule has 0 aromatic heterocycles. The van der Waals surface area contributed by atoms with Gasteiger partial charge in [-0.1, -0.05) is 24.3 Å². The summed E-state index contributed by atoms with van der Waals surface area (Å²) in [5.74, 6) is -3.84. The zero-order chi connectivity index (χ0) is 26.0. The van der Waals surface area contributed by atoms with Crippen molar-refractivity contribution in [2.75, 3.05) is 31.1 Å². The van der Waals surface area contributed by atoms with Crippen molar-refractivity contribution in [3.63, 3.8) is 0 Å². The first-order chi connectivity index (χ1) is 17.1. The Labute approximate surface area is 208 Å². The molecule has 1 aromatic rings. The van der Waals surface area contributed by atoms with Crippen molar-refractivity contribution in [1.29, 1.82) is 0 Å². The molecule has 2 N–H and O–H groups in total. The number of ether oxygens (including phenoxy) is 1. The number of imide groups is 1. The van der Waals surface area contributed by atoms with E-state index in [0.29, 0.717) is 31.9 Å². The van der Waals surface area contributed by atoms with E-state index in [1.165, 1.54) is 12.1 Å². The lowest BCUT2D eigenvalue weighted by Crippen LogP contribution is -2.61. The summed E-state index contributed by atoms with van der Waals surface area (Å²) in [6.45, 7) is 9.86. The molecule has 3 fully saturated rings. The van der Waals surface area contributed by atoms with Crippen LogP contribution in [0.1, 0.15) is 38.2 Å². The Bertz CT molecular complexity index is 1110. The van der Waals surface area contributed by atoms with E-state index >= 15 is 0 Å². The second-order valence-corrected chi connectivity index (χ2v) is 9.36. The number of anilines is 1. The van der Waals surface area contributed by atoms with Crippen molar-refractivity contribution in [1.82, 2.24) is 15.5 Å². The zero-order valence-corrected chi connectivity index (χ0v) is 20.4. The van der Waals surface area contributed by atoms with E-state index in [2.05, 4.69) is 17.2 Å². The molecule has 8 nitrogen and oxygen atoms in total. The highest BCUT2D eigenvalue weighted by Crippen LogP contribution is 2.33. The van der Waals surface area contributed by atoms with Gasteiger partial charge in [0.15, 0.2) is 0 Å². The number of nitrogens with one attached hydrogen (secondary N) is 2. The third-order valence-electron chi connectivity index (χ3n) is 6.74. The molecule has 0 bridgehead atoms. The van der Waals surface area contributed by atoms with Gasteiger partial charge >= 0.3 is 6.09 Å². The first-order valence-electron chi connectivity index (χ1n) is 11.9. The van der Waals surface area contributed by atoms with Gasteiger partial charge in [-0.25, -0.2) is 13.6 Å². The molecule has 1 aromatic carbocycles. The molecule has 1 atom stereocenters. The minimum absolute atomic E-state index is 0.0353. The summed E-state index contributed by atoms with van der Waals surface area (Å²) < 4.78 is 34.9. The summed E-state index contributed by atoms with van der Waals surface area (Å²) in [7, 11) is 0. The van der Waals surface area contributed by atoms with Gasteiger partial charge in [-0.3, -0.25) is 14.9 Å². The van der Waals surface area contributed by atoms with Gasteiger partial charge in [0.05, 0.1) is 25.0 Å². The maximum atomic E-state index is 14.7. The molecule has 3 aliphatic heterocycles. The Morgan fingerprint density at radius 2 is 1.83 bits per heavy atom. The minimum atomic E-state index is -1.04.